The maximum absolute atomic E-state index is 6.34. The van der Waals surface area contributed by atoms with Crippen molar-refractivity contribution in [2.45, 2.75) is 72.4 Å². The lowest BCUT2D eigenvalue weighted by atomic mass is 9.83. The standard InChI is InChI=1S/C19H36BNO/c1-7-19(16(4)5)14-21(13-18(20)22-19)12-11-17(6)10-8-9-15(2)3/h9,11,16,18H,7-8,10,12-14,20H2,1-6H3/b17-11+. The van der Waals surface area contributed by atoms with E-state index in [4.69, 9.17) is 4.74 Å². The molecule has 0 aromatic rings. The average molecular weight is 305 g/mol. The first-order valence-corrected chi connectivity index (χ1v) is 8.98. The molecule has 1 rings (SSSR count). The van der Waals surface area contributed by atoms with Crippen LogP contribution < -0.4 is 0 Å². The molecule has 2 unspecified atom stereocenters. The molecule has 1 saturated heterocycles. The van der Waals surface area contributed by atoms with Crippen molar-refractivity contribution in [3.05, 3.63) is 23.3 Å². The van der Waals surface area contributed by atoms with Crippen LogP contribution in [0.3, 0.4) is 0 Å². The van der Waals surface area contributed by atoms with Gasteiger partial charge >= 0.3 is 0 Å². The van der Waals surface area contributed by atoms with Gasteiger partial charge in [-0.1, -0.05) is 44.1 Å². The highest BCUT2D eigenvalue weighted by atomic mass is 16.5. The van der Waals surface area contributed by atoms with Crippen LogP contribution in [0, 0.1) is 5.92 Å². The molecule has 1 fully saturated rings. The molecular weight excluding hydrogens is 269 g/mol. The molecule has 0 saturated carbocycles. The first-order chi connectivity index (χ1) is 10.3. The molecule has 0 aliphatic carbocycles. The molecule has 1 heterocycles. The van der Waals surface area contributed by atoms with Gasteiger partial charge in [-0.05, 0) is 46.0 Å². The number of nitrogens with zero attached hydrogens (tertiary/aromatic N) is 1. The van der Waals surface area contributed by atoms with Gasteiger partial charge in [0.15, 0.2) is 0 Å². The zero-order valence-electron chi connectivity index (χ0n) is 15.9. The summed E-state index contributed by atoms with van der Waals surface area (Å²) in [6.45, 7) is 16.6. The Kier molecular flexibility index (Phi) is 7.92. The molecule has 0 radical (unpaired) electrons. The predicted octanol–water partition coefficient (Wildman–Crippen LogP) is 3.78. The van der Waals surface area contributed by atoms with Crippen molar-refractivity contribution < 1.29 is 4.74 Å². The van der Waals surface area contributed by atoms with Crippen molar-refractivity contribution in [2.75, 3.05) is 19.6 Å². The topological polar surface area (TPSA) is 12.5 Å². The van der Waals surface area contributed by atoms with E-state index < -0.39 is 0 Å². The van der Waals surface area contributed by atoms with Gasteiger partial charge in [0.2, 0.25) is 0 Å². The van der Waals surface area contributed by atoms with E-state index in [0.717, 1.165) is 32.5 Å². The molecule has 1 aliphatic rings. The number of hydrogen-bond acceptors (Lipinski definition) is 2. The third kappa shape index (κ3) is 5.93. The minimum absolute atomic E-state index is 0.0292. The second-order valence-corrected chi connectivity index (χ2v) is 7.57. The molecule has 0 amide bonds. The zero-order chi connectivity index (χ0) is 16.8. The number of ether oxygens (including phenoxy) is 1. The SMILES string of the molecule is BC1CN(C/C=C(\C)CCC=C(C)C)CC(CC)(C(C)C)O1. The highest BCUT2D eigenvalue weighted by Gasteiger charge is 2.40. The average Bonchev–Trinajstić information content (AvgIpc) is 2.43. The van der Waals surface area contributed by atoms with E-state index in [-0.39, 0.29) is 5.60 Å². The number of rotatable bonds is 7. The second-order valence-electron chi connectivity index (χ2n) is 7.57. The van der Waals surface area contributed by atoms with Crippen LogP contribution in [-0.2, 0) is 4.74 Å². The van der Waals surface area contributed by atoms with Crippen molar-refractivity contribution in [1.82, 2.24) is 4.90 Å². The van der Waals surface area contributed by atoms with Crippen LogP contribution in [0.25, 0.3) is 0 Å². The van der Waals surface area contributed by atoms with Gasteiger partial charge in [0.05, 0.1) is 5.60 Å². The van der Waals surface area contributed by atoms with Crippen molar-refractivity contribution in [3.8, 4) is 0 Å². The van der Waals surface area contributed by atoms with Gasteiger partial charge < -0.3 is 4.74 Å². The number of hydrogen-bond donors (Lipinski definition) is 0. The Hall–Kier alpha value is -0.535. The Labute approximate surface area is 139 Å². The smallest absolute Gasteiger partial charge is 0.140 e. The summed E-state index contributed by atoms with van der Waals surface area (Å²) < 4.78 is 6.34. The summed E-state index contributed by atoms with van der Waals surface area (Å²) in [5.74, 6) is 0.561. The van der Waals surface area contributed by atoms with Crippen molar-refractivity contribution in [1.29, 1.82) is 0 Å². The molecule has 22 heavy (non-hydrogen) atoms. The van der Waals surface area contributed by atoms with E-state index >= 15 is 0 Å². The first-order valence-electron chi connectivity index (χ1n) is 8.98. The molecule has 0 bridgehead atoms. The summed E-state index contributed by atoms with van der Waals surface area (Å²) in [7, 11) is 2.21. The maximum atomic E-state index is 6.34. The molecule has 2 atom stereocenters. The highest BCUT2D eigenvalue weighted by Crippen LogP contribution is 2.31. The van der Waals surface area contributed by atoms with Crippen LogP contribution in [0.5, 0.6) is 0 Å². The predicted molar refractivity (Wildman–Crippen MR) is 100 cm³/mol. The minimum atomic E-state index is 0.0292. The fraction of sp³-hybridized carbons (Fsp3) is 0.789. The van der Waals surface area contributed by atoms with Crippen molar-refractivity contribution in [3.63, 3.8) is 0 Å². The van der Waals surface area contributed by atoms with E-state index in [9.17, 15) is 0 Å². The lowest BCUT2D eigenvalue weighted by molar-refractivity contribution is -0.150. The van der Waals surface area contributed by atoms with Gasteiger partial charge in [0.25, 0.3) is 0 Å². The Morgan fingerprint density at radius 1 is 1.32 bits per heavy atom. The largest absolute Gasteiger partial charge is 0.378 e. The summed E-state index contributed by atoms with van der Waals surface area (Å²) >= 11 is 0. The van der Waals surface area contributed by atoms with Gasteiger partial charge in [0.1, 0.15) is 7.85 Å². The van der Waals surface area contributed by atoms with Gasteiger partial charge in [0, 0.05) is 25.6 Å². The lowest BCUT2D eigenvalue weighted by Gasteiger charge is -2.48. The summed E-state index contributed by atoms with van der Waals surface area (Å²) in [6.07, 6.45) is 8.17. The fourth-order valence-electron chi connectivity index (χ4n) is 3.32. The molecular formula is C19H36BNO. The molecule has 1 aliphatic heterocycles. The van der Waals surface area contributed by atoms with Crippen molar-refractivity contribution >= 4 is 7.85 Å². The second kappa shape index (κ2) is 8.93. The van der Waals surface area contributed by atoms with E-state index in [1.54, 1.807) is 0 Å². The molecule has 0 aromatic carbocycles. The molecule has 3 heteroatoms. The highest BCUT2D eigenvalue weighted by molar-refractivity contribution is 6.11. The molecule has 0 aromatic heterocycles. The molecule has 0 spiro atoms. The minimum Gasteiger partial charge on any atom is -0.378 e. The summed E-state index contributed by atoms with van der Waals surface area (Å²) in [5, 5.41) is 0. The van der Waals surface area contributed by atoms with Crippen LogP contribution in [0.2, 0.25) is 0 Å². The Balaban J connectivity index is 2.59. The van der Waals surface area contributed by atoms with Crippen LogP contribution >= 0.6 is 0 Å². The molecule has 126 valence electrons. The normalized spacial score (nSPS) is 27.2. The lowest BCUT2D eigenvalue weighted by Crippen LogP contribution is -2.58. The Bertz CT molecular complexity index is 398. The van der Waals surface area contributed by atoms with Crippen LogP contribution in [0.15, 0.2) is 23.3 Å². The summed E-state index contributed by atoms with van der Waals surface area (Å²) in [4.78, 5) is 2.57. The monoisotopic (exact) mass is 305 g/mol. The summed E-state index contributed by atoms with van der Waals surface area (Å²) in [6, 6.07) is 0.329. The molecule has 2 nitrogen and oxygen atoms in total. The van der Waals surface area contributed by atoms with Gasteiger partial charge in [-0.25, -0.2) is 0 Å². The maximum Gasteiger partial charge on any atom is 0.140 e. The van der Waals surface area contributed by atoms with E-state index in [1.165, 1.54) is 17.6 Å². The number of allylic oxidation sites excluding steroid dienone is 3. The van der Waals surface area contributed by atoms with Crippen LogP contribution in [0.4, 0.5) is 0 Å². The van der Waals surface area contributed by atoms with Crippen molar-refractivity contribution in [2.24, 2.45) is 5.92 Å². The third-order valence-electron chi connectivity index (χ3n) is 4.88. The zero-order valence-corrected chi connectivity index (χ0v) is 15.9. The summed E-state index contributed by atoms with van der Waals surface area (Å²) in [5.41, 5.74) is 2.95. The Morgan fingerprint density at radius 2 is 2.00 bits per heavy atom. The van der Waals surface area contributed by atoms with Crippen LogP contribution in [-0.4, -0.2) is 44.0 Å². The first kappa shape index (κ1) is 19.5. The Morgan fingerprint density at radius 3 is 2.55 bits per heavy atom. The van der Waals surface area contributed by atoms with Gasteiger partial charge in [-0.3, -0.25) is 4.90 Å². The molecule has 0 N–H and O–H groups in total. The van der Waals surface area contributed by atoms with Crippen LogP contribution in [0.1, 0.15) is 60.8 Å². The number of morpholine rings is 1. The van der Waals surface area contributed by atoms with E-state index in [0.29, 0.717) is 11.9 Å². The fourth-order valence-corrected chi connectivity index (χ4v) is 3.32. The quantitative estimate of drug-likeness (QED) is 0.524. The van der Waals surface area contributed by atoms with E-state index in [2.05, 4.69) is 66.4 Å². The van der Waals surface area contributed by atoms with Gasteiger partial charge in [-0.15, -0.1) is 0 Å². The van der Waals surface area contributed by atoms with Gasteiger partial charge in [-0.2, -0.15) is 0 Å². The van der Waals surface area contributed by atoms with E-state index in [1.807, 2.05) is 0 Å². The third-order valence-corrected chi connectivity index (χ3v) is 4.88.